The molecule has 0 fully saturated rings. The number of aryl methyl sites for hydroxylation is 2. The Bertz CT molecular complexity index is 702. The Morgan fingerprint density at radius 1 is 1.35 bits per heavy atom. The number of fused-ring (bicyclic) bond motifs is 1. The molecule has 1 aliphatic carbocycles. The molecule has 0 saturated carbocycles. The summed E-state index contributed by atoms with van der Waals surface area (Å²) in [5.41, 5.74) is 2.87. The van der Waals surface area contributed by atoms with Crippen molar-refractivity contribution < 1.29 is 4.39 Å². The smallest absolute Gasteiger partial charge is 0.148 e. The first-order valence-electron chi connectivity index (χ1n) is 6.33. The number of pyridine rings is 1. The van der Waals surface area contributed by atoms with Crippen LogP contribution in [-0.4, -0.2) is 4.98 Å². The molecule has 1 N–H and O–H groups in total. The maximum atomic E-state index is 13.8. The summed E-state index contributed by atoms with van der Waals surface area (Å²) in [7, 11) is 0. The van der Waals surface area contributed by atoms with Crippen molar-refractivity contribution in [2.45, 2.75) is 19.3 Å². The average Bonchev–Trinajstić information content (AvgIpc) is 2.89. The summed E-state index contributed by atoms with van der Waals surface area (Å²) >= 11 is 3.30. The molecule has 0 bridgehead atoms. The third kappa shape index (κ3) is 2.27. The number of halogens is 2. The first-order valence-corrected chi connectivity index (χ1v) is 7.12. The van der Waals surface area contributed by atoms with E-state index in [1.807, 2.05) is 6.07 Å². The number of aromatic nitrogens is 1. The van der Waals surface area contributed by atoms with Crippen LogP contribution in [0.3, 0.4) is 0 Å². The van der Waals surface area contributed by atoms with Crippen molar-refractivity contribution in [1.82, 2.24) is 4.98 Å². The molecule has 0 atom stereocenters. The predicted octanol–water partition coefficient (Wildman–Crippen LogP) is 4.09. The molecule has 0 amide bonds. The van der Waals surface area contributed by atoms with Crippen molar-refractivity contribution in [2.75, 3.05) is 5.32 Å². The summed E-state index contributed by atoms with van der Waals surface area (Å²) in [4.78, 5) is 4.48. The van der Waals surface area contributed by atoms with Crippen LogP contribution in [0.5, 0.6) is 0 Å². The van der Waals surface area contributed by atoms with Gasteiger partial charge in [0.2, 0.25) is 0 Å². The SMILES string of the molecule is N#Cc1cc2c(nc1Nc1c(F)cccc1Br)CCC2. The Morgan fingerprint density at radius 3 is 2.95 bits per heavy atom. The van der Waals surface area contributed by atoms with Gasteiger partial charge in [-0.15, -0.1) is 0 Å². The number of nitrogens with one attached hydrogen (secondary N) is 1. The molecule has 0 radical (unpaired) electrons. The molecule has 20 heavy (non-hydrogen) atoms. The van der Waals surface area contributed by atoms with Gasteiger partial charge in [0.25, 0.3) is 0 Å². The van der Waals surface area contributed by atoms with Gasteiger partial charge in [0.15, 0.2) is 0 Å². The molecule has 1 aromatic heterocycles. The minimum Gasteiger partial charge on any atom is -0.336 e. The van der Waals surface area contributed by atoms with Gasteiger partial charge in [0.1, 0.15) is 17.7 Å². The lowest BCUT2D eigenvalue weighted by Gasteiger charge is -2.11. The molecule has 1 aromatic carbocycles. The minimum absolute atomic E-state index is 0.300. The zero-order valence-electron chi connectivity index (χ0n) is 10.6. The fourth-order valence-electron chi connectivity index (χ4n) is 2.39. The Hall–Kier alpha value is -1.93. The Labute approximate surface area is 124 Å². The van der Waals surface area contributed by atoms with E-state index < -0.39 is 0 Å². The minimum atomic E-state index is -0.384. The molecule has 1 aliphatic rings. The number of hydrogen-bond donors (Lipinski definition) is 1. The van der Waals surface area contributed by atoms with Gasteiger partial charge >= 0.3 is 0 Å². The average molecular weight is 332 g/mol. The summed E-state index contributed by atoms with van der Waals surface area (Å²) in [6.07, 6.45) is 2.93. The number of nitriles is 1. The second-order valence-corrected chi connectivity index (χ2v) is 5.53. The lowest BCUT2D eigenvalue weighted by Crippen LogP contribution is -2.02. The van der Waals surface area contributed by atoms with Crippen molar-refractivity contribution in [3.05, 3.63) is 51.4 Å². The summed E-state index contributed by atoms with van der Waals surface area (Å²) in [5.74, 6) is 0.0320. The summed E-state index contributed by atoms with van der Waals surface area (Å²) in [6.45, 7) is 0. The van der Waals surface area contributed by atoms with Crippen LogP contribution in [0.15, 0.2) is 28.7 Å². The lowest BCUT2D eigenvalue weighted by molar-refractivity contribution is 0.631. The molecule has 5 heteroatoms. The van der Waals surface area contributed by atoms with Crippen molar-refractivity contribution in [3.8, 4) is 6.07 Å². The molecule has 0 unspecified atom stereocenters. The number of hydrogen-bond acceptors (Lipinski definition) is 3. The lowest BCUT2D eigenvalue weighted by atomic mass is 10.1. The highest BCUT2D eigenvalue weighted by molar-refractivity contribution is 9.10. The standard InChI is InChI=1S/C15H11BrFN3/c16-11-4-2-5-12(17)14(11)20-15-10(8-18)7-9-3-1-6-13(9)19-15/h2,4-5,7H,1,3,6H2,(H,19,20). The maximum absolute atomic E-state index is 13.8. The zero-order chi connectivity index (χ0) is 14.1. The van der Waals surface area contributed by atoms with Crippen molar-refractivity contribution in [3.63, 3.8) is 0 Å². The van der Waals surface area contributed by atoms with Gasteiger partial charge in [-0.1, -0.05) is 6.07 Å². The van der Waals surface area contributed by atoms with Crippen LogP contribution in [0, 0.1) is 17.1 Å². The van der Waals surface area contributed by atoms with Crippen molar-refractivity contribution >= 4 is 27.4 Å². The molecule has 3 nitrogen and oxygen atoms in total. The Kier molecular flexibility index (Phi) is 3.41. The van der Waals surface area contributed by atoms with E-state index in [1.54, 1.807) is 12.1 Å². The van der Waals surface area contributed by atoms with E-state index in [9.17, 15) is 9.65 Å². The highest BCUT2D eigenvalue weighted by atomic mass is 79.9. The van der Waals surface area contributed by atoms with Crippen LogP contribution in [0.25, 0.3) is 0 Å². The second kappa shape index (κ2) is 5.22. The van der Waals surface area contributed by atoms with Gasteiger partial charge in [0, 0.05) is 10.2 Å². The van der Waals surface area contributed by atoms with Gasteiger partial charge in [-0.3, -0.25) is 0 Å². The predicted molar refractivity (Wildman–Crippen MR) is 78.4 cm³/mol. The van der Waals surface area contributed by atoms with Crippen LogP contribution >= 0.6 is 15.9 Å². The van der Waals surface area contributed by atoms with Crippen molar-refractivity contribution in [1.29, 1.82) is 5.26 Å². The fraction of sp³-hybridized carbons (Fsp3) is 0.200. The first kappa shape index (κ1) is 13.1. The number of benzene rings is 1. The zero-order valence-corrected chi connectivity index (χ0v) is 12.2. The van der Waals surface area contributed by atoms with E-state index in [1.165, 1.54) is 6.07 Å². The number of nitrogens with zero attached hydrogens (tertiary/aromatic N) is 2. The van der Waals surface area contributed by atoms with Crippen LogP contribution in [0.4, 0.5) is 15.9 Å². The summed E-state index contributed by atoms with van der Waals surface area (Å²) < 4.78 is 14.4. The highest BCUT2D eigenvalue weighted by Crippen LogP contribution is 2.31. The van der Waals surface area contributed by atoms with E-state index in [4.69, 9.17) is 0 Å². The van der Waals surface area contributed by atoms with E-state index in [2.05, 4.69) is 32.3 Å². The van der Waals surface area contributed by atoms with Gasteiger partial charge < -0.3 is 5.32 Å². The number of rotatable bonds is 2. The quantitative estimate of drug-likeness (QED) is 0.901. The van der Waals surface area contributed by atoms with E-state index in [0.717, 1.165) is 30.5 Å². The molecule has 2 aromatic rings. The van der Waals surface area contributed by atoms with Crippen LogP contribution in [-0.2, 0) is 12.8 Å². The van der Waals surface area contributed by atoms with Gasteiger partial charge in [-0.25, -0.2) is 9.37 Å². The third-order valence-corrected chi connectivity index (χ3v) is 4.04. The van der Waals surface area contributed by atoms with Crippen LogP contribution in [0.2, 0.25) is 0 Å². The van der Waals surface area contributed by atoms with Crippen LogP contribution in [0.1, 0.15) is 23.2 Å². The summed E-state index contributed by atoms with van der Waals surface area (Å²) in [6, 6.07) is 8.70. The first-order chi connectivity index (χ1) is 9.69. The molecule has 0 spiro atoms. The third-order valence-electron chi connectivity index (χ3n) is 3.38. The second-order valence-electron chi connectivity index (χ2n) is 4.68. The molecule has 1 heterocycles. The Morgan fingerprint density at radius 2 is 2.20 bits per heavy atom. The van der Waals surface area contributed by atoms with Gasteiger partial charge in [-0.2, -0.15) is 5.26 Å². The summed E-state index contributed by atoms with van der Waals surface area (Å²) in [5, 5.41) is 12.2. The topological polar surface area (TPSA) is 48.7 Å². The molecular weight excluding hydrogens is 321 g/mol. The van der Waals surface area contributed by atoms with Gasteiger partial charge in [-0.05, 0) is 59.0 Å². The molecular formula is C15H11BrFN3. The van der Waals surface area contributed by atoms with Gasteiger partial charge in [0.05, 0.1) is 11.3 Å². The Balaban J connectivity index is 2.05. The number of para-hydroxylation sites is 1. The largest absolute Gasteiger partial charge is 0.336 e. The molecule has 3 rings (SSSR count). The van der Waals surface area contributed by atoms with E-state index >= 15 is 0 Å². The highest BCUT2D eigenvalue weighted by Gasteiger charge is 2.17. The van der Waals surface area contributed by atoms with Crippen LogP contribution < -0.4 is 5.32 Å². The number of anilines is 2. The molecule has 0 aliphatic heterocycles. The van der Waals surface area contributed by atoms with Crippen molar-refractivity contribution in [2.24, 2.45) is 0 Å². The fourth-order valence-corrected chi connectivity index (χ4v) is 2.83. The van der Waals surface area contributed by atoms with E-state index in [0.29, 0.717) is 21.5 Å². The normalized spacial score (nSPS) is 12.8. The maximum Gasteiger partial charge on any atom is 0.148 e. The molecule has 100 valence electrons. The monoisotopic (exact) mass is 331 g/mol. The van der Waals surface area contributed by atoms with E-state index in [-0.39, 0.29) is 5.82 Å². The molecule has 0 saturated heterocycles.